The van der Waals surface area contributed by atoms with Gasteiger partial charge in [0, 0.05) is 13.2 Å². The Kier molecular flexibility index (Phi) is 10.1. The van der Waals surface area contributed by atoms with Crippen LogP contribution in [-0.4, -0.2) is 68.1 Å². The first-order valence-corrected chi connectivity index (χ1v) is 14.9. The molecule has 6 nitrogen and oxygen atoms in total. The van der Waals surface area contributed by atoms with E-state index in [2.05, 4.69) is 80.5 Å². The largest absolute Gasteiger partial charge is 0.378 e. The molecule has 0 amide bonds. The standard InChI is InChI=1S/C32H56N2O4/c1-10-25-19-24(13-11-17-37-27-20-29(2,3)33(35)30(4,5)21-27)15-16-26(25)14-12-18-38-28-22-31(6,7)34(36)32(8,9)23-28/h15-16,19,27-28,35-36H,10-14,17-18,20-23H2,1-9H3/p+2. The fourth-order valence-corrected chi connectivity index (χ4v) is 7.06. The molecule has 0 bridgehead atoms. The van der Waals surface area contributed by atoms with Gasteiger partial charge < -0.3 is 19.9 Å². The Morgan fingerprint density at radius 2 is 1.11 bits per heavy atom. The van der Waals surface area contributed by atoms with E-state index >= 15 is 0 Å². The number of piperidine rings is 2. The SMILES string of the molecule is CCc1cc(CCCOC2CC(C)(C)N([OH2+])C(C)(C)C2)ccc1CCCOC1CC(C)(C)N([OH2+])C(C)(C)C1. The number of benzene rings is 1. The molecule has 3 rings (SSSR count). The number of rotatable bonds is 11. The Morgan fingerprint density at radius 3 is 1.53 bits per heavy atom. The van der Waals surface area contributed by atoms with Gasteiger partial charge in [-0.25, -0.2) is 0 Å². The van der Waals surface area contributed by atoms with Gasteiger partial charge in [-0.1, -0.05) is 35.2 Å². The second-order valence-corrected chi connectivity index (χ2v) is 14.4. The zero-order chi connectivity index (χ0) is 28.4. The number of hydrogen-bond acceptors (Lipinski definition) is 4. The van der Waals surface area contributed by atoms with E-state index in [1.807, 2.05) is 0 Å². The summed E-state index contributed by atoms with van der Waals surface area (Å²) in [5.74, 6) is 0. The predicted molar refractivity (Wildman–Crippen MR) is 158 cm³/mol. The van der Waals surface area contributed by atoms with Crippen LogP contribution in [0.2, 0.25) is 0 Å². The Labute approximate surface area is 232 Å². The van der Waals surface area contributed by atoms with Crippen molar-refractivity contribution >= 4 is 0 Å². The van der Waals surface area contributed by atoms with Gasteiger partial charge in [0.2, 0.25) is 0 Å². The summed E-state index contributed by atoms with van der Waals surface area (Å²) >= 11 is 0. The lowest BCUT2D eigenvalue weighted by Crippen LogP contribution is -2.60. The Bertz CT molecular complexity index is 875. The second-order valence-electron chi connectivity index (χ2n) is 14.4. The van der Waals surface area contributed by atoms with Crippen LogP contribution >= 0.6 is 0 Å². The van der Waals surface area contributed by atoms with Crippen LogP contribution in [0, 0.1) is 0 Å². The van der Waals surface area contributed by atoms with Crippen molar-refractivity contribution in [2.75, 3.05) is 13.2 Å². The molecule has 0 aromatic heterocycles. The van der Waals surface area contributed by atoms with E-state index in [4.69, 9.17) is 19.9 Å². The predicted octanol–water partition coefficient (Wildman–Crippen LogP) is 5.47. The molecule has 1 aromatic carbocycles. The van der Waals surface area contributed by atoms with Crippen LogP contribution in [0.3, 0.4) is 0 Å². The van der Waals surface area contributed by atoms with Gasteiger partial charge in [0.05, 0.1) is 34.4 Å². The number of hydroxylamine groups is 4. The molecule has 1 aromatic rings. The molecule has 0 unspecified atom stereocenters. The van der Waals surface area contributed by atoms with Crippen molar-refractivity contribution in [1.29, 1.82) is 0 Å². The lowest BCUT2D eigenvalue weighted by molar-refractivity contribution is -0.261. The Hall–Kier alpha value is -1.02. The quantitative estimate of drug-likeness (QED) is 0.279. The average molecular weight is 535 g/mol. The highest BCUT2D eigenvalue weighted by Gasteiger charge is 2.49. The Morgan fingerprint density at radius 1 is 0.684 bits per heavy atom. The minimum atomic E-state index is -0.157. The molecular weight excluding hydrogens is 476 g/mol. The van der Waals surface area contributed by atoms with Gasteiger partial charge in [-0.05, 0) is 130 Å². The van der Waals surface area contributed by atoms with Crippen molar-refractivity contribution < 1.29 is 19.9 Å². The van der Waals surface area contributed by atoms with Gasteiger partial charge in [0.15, 0.2) is 0 Å². The van der Waals surface area contributed by atoms with E-state index in [9.17, 15) is 0 Å². The highest BCUT2D eigenvalue weighted by molar-refractivity contribution is 5.32. The zero-order valence-corrected chi connectivity index (χ0v) is 25.9. The summed E-state index contributed by atoms with van der Waals surface area (Å²) in [6.07, 6.45) is 9.33. The van der Waals surface area contributed by atoms with Crippen LogP contribution in [0.1, 0.15) is 118 Å². The number of aryl methyl sites for hydroxylation is 3. The fourth-order valence-electron chi connectivity index (χ4n) is 7.06. The minimum Gasteiger partial charge on any atom is -0.378 e. The van der Waals surface area contributed by atoms with E-state index in [0.717, 1.165) is 71.0 Å². The normalized spacial score (nSPS) is 24.1. The van der Waals surface area contributed by atoms with Crippen LogP contribution in [0.25, 0.3) is 0 Å². The van der Waals surface area contributed by atoms with Gasteiger partial charge in [-0.15, -0.1) is 0 Å². The molecule has 4 N–H and O–H groups in total. The Balaban J connectivity index is 1.42. The van der Waals surface area contributed by atoms with Gasteiger partial charge in [-0.2, -0.15) is 0 Å². The van der Waals surface area contributed by atoms with Crippen LogP contribution in [0.15, 0.2) is 18.2 Å². The van der Waals surface area contributed by atoms with Crippen molar-refractivity contribution in [3.8, 4) is 0 Å². The number of ether oxygens (including phenoxy) is 2. The molecule has 38 heavy (non-hydrogen) atoms. The molecule has 0 radical (unpaired) electrons. The van der Waals surface area contributed by atoms with Crippen LogP contribution in [-0.2, 0) is 28.7 Å². The number of hydrogen-bond donors (Lipinski definition) is 0. The van der Waals surface area contributed by atoms with Gasteiger partial charge in [-0.3, -0.25) is 0 Å². The van der Waals surface area contributed by atoms with E-state index in [1.165, 1.54) is 16.7 Å². The molecular formula is C32H58N2O4+2. The van der Waals surface area contributed by atoms with Crippen molar-refractivity contribution in [3.05, 3.63) is 34.9 Å². The average Bonchev–Trinajstić information content (AvgIpc) is 2.81. The molecule has 2 fully saturated rings. The first-order chi connectivity index (χ1) is 17.6. The summed E-state index contributed by atoms with van der Waals surface area (Å²) in [6, 6.07) is 7.03. The molecule has 0 spiro atoms. The van der Waals surface area contributed by atoms with Crippen LogP contribution in [0.4, 0.5) is 0 Å². The summed E-state index contributed by atoms with van der Waals surface area (Å²) in [7, 11) is 0. The molecule has 0 saturated carbocycles. The van der Waals surface area contributed by atoms with E-state index in [-0.39, 0.29) is 34.4 Å². The topological polar surface area (TPSA) is 70.7 Å². The third-order valence-electron chi connectivity index (χ3n) is 8.89. The summed E-state index contributed by atoms with van der Waals surface area (Å²) in [5, 5.41) is 20.4. The highest BCUT2D eigenvalue weighted by atomic mass is 16.5. The highest BCUT2D eigenvalue weighted by Crippen LogP contribution is 2.39. The van der Waals surface area contributed by atoms with Crippen molar-refractivity contribution in [1.82, 2.24) is 10.1 Å². The molecule has 2 aliphatic rings. The minimum absolute atomic E-state index is 0.157. The maximum atomic E-state index is 8.45. The van der Waals surface area contributed by atoms with Crippen molar-refractivity contribution in [2.45, 2.75) is 154 Å². The first-order valence-electron chi connectivity index (χ1n) is 14.9. The maximum absolute atomic E-state index is 8.45. The molecule has 2 saturated heterocycles. The van der Waals surface area contributed by atoms with Crippen molar-refractivity contribution in [3.63, 3.8) is 0 Å². The molecule has 2 aliphatic heterocycles. The van der Waals surface area contributed by atoms with Crippen molar-refractivity contribution in [2.24, 2.45) is 0 Å². The first kappa shape index (κ1) is 31.5. The fraction of sp³-hybridized carbons (Fsp3) is 0.812. The van der Waals surface area contributed by atoms with Gasteiger partial charge in [0.25, 0.3) is 0 Å². The van der Waals surface area contributed by atoms with E-state index in [0.29, 0.717) is 0 Å². The second kappa shape index (κ2) is 12.2. The molecule has 218 valence electrons. The molecule has 0 atom stereocenters. The zero-order valence-electron chi connectivity index (χ0n) is 25.9. The van der Waals surface area contributed by atoms with E-state index < -0.39 is 0 Å². The summed E-state index contributed by atoms with van der Waals surface area (Å²) in [4.78, 5) is 0. The monoisotopic (exact) mass is 534 g/mol. The summed E-state index contributed by atoms with van der Waals surface area (Å²) < 4.78 is 12.6. The summed E-state index contributed by atoms with van der Waals surface area (Å²) in [5.41, 5.74) is 3.68. The third kappa shape index (κ3) is 7.80. The molecule has 2 heterocycles. The van der Waals surface area contributed by atoms with Gasteiger partial charge in [0.1, 0.15) is 0 Å². The lowest BCUT2D eigenvalue weighted by Gasteiger charge is -2.47. The molecule has 6 heteroatoms. The van der Waals surface area contributed by atoms with Crippen LogP contribution in [0.5, 0.6) is 0 Å². The lowest BCUT2D eigenvalue weighted by atomic mass is 9.80. The maximum Gasteiger partial charge on any atom is 0.0859 e. The van der Waals surface area contributed by atoms with E-state index in [1.54, 1.807) is 10.1 Å². The van der Waals surface area contributed by atoms with Crippen LogP contribution < -0.4 is 0 Å². The third-order valence-corrected chi connectivity index (χ3v) is 8.89. The smallest absolute Gasteiger partial charge is 0.0859 e. The summed E-state index contributed by atoms with van der Waals surface area (Å²) in [6.45, 7) is 21.0. The molecule has 0 aliphatic carbocycles. The number of nitrogens with zero attached hydrogens (tertiary/aromatic N) is 2. The van der Waals surface area contributed by atoms with Gasteiger partial charge >= 0.3 is 0 Å².